The number of hydrogen-bond acceptors (Lipinski definition) is 5. The summed E-state index contributed by atoms with van der Waals surface area (Å²) in [4.78, 5) is 23.8. The first-order valence-corrected chi connectivity index (χ1v) is 9.92. The quantitative estimate of drug-likeness (QED) is 0.492. The lowest BCUT2D eigenvalue weighted by Gasteiger charge is -2.21. The summed E-state index contributed by atoms with van der Waals surface area (Å²) < 4.78 is 0. The first-order chi connectivity index (χ1) is 13.1. The number of hydrogen-bond donors (Lipinski definition) is 1. The van der Waals surface area contributed by atoms with E-state index in [1.165, 1.54) is 11.8 Å². The summed E-state index contributed by atoms with van der Waals surface area (Å²) in [5.41, 5.74) is 1.99. The van der Waals surface area contributed by atoms with Gasteiger partial charge >= 0.3 is 0 Å². The van der Waals surface area contributed by atoms with Crippen LogP contribution in [0.15, 0.2) is 59.8 Å². The monoisotopic (exact) mass is 380 g/mol. The van der Waals surface area contributed by atoms with E-state index in [4.69, 9.17) is 0 Å². The van der Waals surface area contributed by atoms with Gasteiger partial charge in [0, 0.05) is 25.5 Å². The molecule has 0 aliphatic carbocycles. The van der Waals surface area contributed by atoms with Crippen LogP contribution in [0.4, 0.5) is 5.82 Å². The maximum atomic E-state index is 12.8. The van der Waals surface area contributed by atoms with E-state index in [0.29, 0.717) is 11.7 Å². The number of carbonyl (C=O) groups excluding carboxylic acids is 1. The highest BCUT2D eigenvalue weighted by Gasteiger charge is 2.21. The van der Waals surface area contributed by atoms with Crippen LogP contribution in [-0.4, -0.2) is 39.6 Å². The smallest absolute Gasteiger partial charge is 0.235 e. The first-order valence-electron chi connectivity index (χ1n) is 9.04. The topological polar surface area (TPSA) is 58.1 Å². The van der Waals surface area contributed by atoms with Gasteiger partial charge in [0.1, 0.15) is 5.82 Å². The highest BCUT2D eigenvalue weighted by molar-refractivity contribution is 8.00. The summed E-state index contributed by atoms with van der Waals surface area (Å²) >= 11 is 1.39. The van der Waals surface area contributed by atoms with Crippen LogP contribution in [0.2, 0.25) is 0 Å². The van der Waals surface area contributed by atoms with Crippen LogP contribution in [-0.2, 0) is 11.3 Å². The Morgan fingerprint density at radius 1 is 1.11 bits per heavy atom. The number of nitrogens with one attached hydrogen (secondary N) is 1. The van der Waals surface area contributed by atoms with Gasteiger partial charge in [-0.3, -0.25) is 4.79 Å². The number of anilines is 1. The standard InChI is InChI=1S/C21H24N4OS/c1-4-22-19-17-12-8-9-13-18(17)23-21(24-19)27-15(2)20(26)25(3)14-16-10-6-5-7-11-16/h5-13,15H,4,14H2,1-3H3,(H,22,23,24). The zero-order chi connectivity index (χ0) is 19.2. The summed E-state index contributed by atoms with van der Waals surface area (Å²) in [5.74, 6) is 0.869. The molecule has 1 amide bonds. The molecule has 0 saturated heterocycles. The lowest BCUT2D eigenvalue weighted by atomic mass is 10.2. The molecule has 3 rings (SSSR count). The molecule has 5 nitrogen and oxygen atoms in total. The van der Waals surface area contributed by atoms with Crippen LogP contribution >= 0.6 is 11.8 Å². The van der Waals surface area contributed by atoms with Gasteiger partial charge in [0.15, 0.2) is 5.16 Å². The lowest BCUT2D eigenvalue weighted by Crippen LogP contribution is -2.32. The fourth-order valence-electron chi connectivity index (χ4n) is 2.86. The fourth-order valence-corrected chi connectivity index (χ4v) is 3.76. The van der Waals surface area contributed by atoms with Gasteiger partial charge in [-0.1, -0.05) is 54.2 Å². The lowest BCUT2D eigenvalue weighted by molar-refractivity contribution is -0.129. The number of aromatic nitrogens is 2. The zero-order valence-corrected chi connectivity index (χ0v) is 16.7. The summed E-state index contributed by atoms with van der Waals surface area (Å²) in [6, 6.07) is 17.9. The molecule has 1 aromatic heterocycles. The van der Waals surface area contributed by atoms with Gasteiger partial charge in [0.2, 0.25) is 5.91 Å². The van der Waals surface area contributed by atoms with E-state index in [1.807, 2.05) is 75.5 Å². The summed E-state index contributed by atoms with van der Waals surface area (Å²) in [5, 5.41) is 4.62. The normalized spacial score (nSPS) is 12.0. The Balaban J connectivity index is 1.74. The van der Waals surface area contributed by atoms with Gasteiger partial charge in [-0.25, -0.2) is 9.97 Å². The van der Waals surface area contributed by atoms with E-state index >= 15 is 0 Å². The van der Waals surface area contributed by atoms with E-state index in [0.717, 1.165) is 28.8 Å². The predicted molar refractivity (Wildman–Crippen MR) is 112 cm³/mol. The summed E-state index contributed by atoms with van der Waals surface area (Å²) in [6.45, 7) is 5.31. The molecule has 0 spiro atoms. The number of thioether (sulfide) groups is 1. The molecule has 0 fully saturated rings. The van der Waals surface area contributed by atoms with Gasteiger partial charge in [-0.05, 0) is 31.5 Å². The number of fused-ring (bicyclic) bond motifs is 1. The zero-order valence-electron chi connectivity index (χ0n) is 15.8. The molecule has 140 valence electrons. The molecule has 0 saturated carbocycles. The molecule has 1 unspecified atom stereocenters. The van der Waals surface area contributed by atoms with Crippen LogP contribution in [0.5, 0.6) is 0 Å². The molecule has 27 heavy (non-hydrogen) atoms. The number of nitrogens with zero attached hydrogens (tertiary/aromatic N) is 3. The minimum atomic E-state index is -0.269. The van der Waals surface area contributed by atoms with Crippen molar-refractivity contribution in [2.75, 3.05) is 18.9 Å². The molecular weight excluding hydrogens is 356 g/mol. The average Bonchev–Trinajstić information content (AvgIpc) is 2.68. The van der Waals surface area contributed by atoms with Gasteiger partial charge < -0.3 is 10.2 Å². The molecule has 1 heterocycles. The van der Waals surface area contributed by atoms with E-state index in [9.17, 15) is 4.79 Å². The van der Waals surface area contributed by atoms with Crippen LogP contribution in [0.1, 0.15) is 19.4 Å². The minimum Gasteiger partial charge on any atom is -0.370 e. The fraction of sp³-hybridized carbons (Fsp3) is 0.286. The van der Waals surface area contributed by atoms with Crippen molar-refractivity contribution in [2.45, 2.75) is 30.8 Å². The Bertz CT molecular complexity index is 916. The Morgan fingerprint density at radius 2 is 1.81 bits per heavy atom. The predicted octanol–water partition coefficient (Wildman–Crippen LogP) is 4.20. The van der Waals surface area contributed by atoms with Crippen molar-refractivity contribution in [3.8, 4) is 0 Å². The molecule has 1 N–H and O–H groups in total. The second-order valence-corrected chi connectivity index (χ2v) is 7.65. The van der Waals surface area contributed by atoms with Gasteiger partial charge in [-0.15, -0.1) is 0 Å². The third-order valence-corrected chi connectivity index (χ3v) is 5.14. The third-order valence-electron chi connectivity index (χ3n) is 4.20. The molecular formula is C21H24N4OS. The maximum absolute atomic E-state index is 12.8. The number of benzene rings is 2. The highest BCUT2D eigenvalue weighted by Crippen LogP contribution is 2.27. The van der Waals surface area contributed by atoms with Crippen molar-refractivity contribution in [3.05, 3.63) is 60.2 Å². The molecule has 6 heteroatoms. The van der Waals surface area contributed by atoms with Crippen molar-refractivity contribution >= 4 is 34.4 Å². The molecule has 0 bridgehead atoms. The van der Waals surface area contributed by atoms with Crippen molar-refractivity contribution < 1.29 is 4.79 Å². The Hall–Kier alpha value is -2.60. The maximum Gasteiger partial charge on any atom is 0.235 e. The Morgan fingerprint density at radius 3 is 2.56 bits per heavy atom. The van der Waals surface area contributed by atoms with Crippen LogP contribution in [0, 0.1) is 0 Å². The summed E-state index contributed by atoms with van der Waals surface area (Å²) in [7, 11) is 1.83. The molecule has 0 aliphatic rings. The second kappa shape index (κ2) is 8.86. The number of para-hydroxylation sites is 1. The van der Waals surface area contributed by atoms with Crippen molar-refractivity contribution in [1.82, 2.24) is 14.9 Å². The van der Waals surface area contributed by atoms with Crippen LogP contribution < -0.4 is 5.32 Å². The van der Waals surface area contributed by atoms with Crippen molar-refractivity contribution in [3.63, 3.8) is 0 Å². The van der Waals surface area contributed by atoms with E-state index in [1.54, 1.807) is 4.90 Å². The van der Waals surface area contributed by atoms with Crippen molar-refractivity contribution in [2.24, 2.45) is 0 Å². The van der Waals surface area contributed by atoms with Gasteiger partial charge in [-0.2, -0.15) is 0 Å². The van der Waals surface area contributed by atoms with E-state index in [2.05, 4.69) is 15.3 Å². The number of amides is 1. The minimum absolute atomic E-state index is 0.0608. The Kier molecular flexibility index (Phi) is 6.29. The van der Waals surface area contributed by atoms with Gasteiger partial charge in [0.25, 0.3) is 0 Å². The molecule has 2 aromatic carbocycles. The first kappa shape index (κ1) is 19.2. The second-order valence-electron chi connectivity index (χ2n) is 6.34. The van der Waals surface area contributed by atoms with Gasteiger partial charge in [0.05, 0.1) is 10.8 Å². The highest BCUT2D eigenvalue weighted by atomic mass is 32.2. The Labute approximate surface area is 164 Å². The largest absolute Gasteiger partial charge is 0.370 e. The number of rotatable bonds is 7. The van der Waals surface area contributed by atoms with Crippen molar-refractivity contribution in [1.29, 1.82) is 0 Å². The molecule has 0 aliphatic heterocycles. The number of carbonyl (C=O) groups is 1. The molecule has 0 radical (unpaired) electrons. The molecule has 3 aromatic rings. The SMILES string of the molecule is CCNc1nc(SC(C)C(=O)N(C)Cc2ccccc2)nc2ccccc12. The van der Waals surface area contributed by atoms with E-state index in [-0.39, 0.29) is 11.2 Å². The molecule has 1 atom stereocenters. The van der Waals surface area contributed by atoms with Crippen LogP contribution in [0.3, 0.4) is 0 Å². The summed E-state index contributed by atoms with van der Waals surface area (Å²) in [6.07, 6.45) is 0. The third kappa shape index (κ3) is 4.77. The van der Waals surface area contributed by atoms with E-state index < -0.39 is 0 Å². The van der Waals surface area contributed by atoms with Crippen LogP contribution in [0.25, 0.3) is 10.9 Å². The average molecular weight is 381 g/mol.